The summed E-state index contributed by atoms with van der Waals surface area (Å²) in [5.41, 5.74) is 1.87. The first-order valence-corrected chi connectivity index (χ1v) is 11.9. The molecule has 1 saturated heterocycles. The van der Waals surface area contributed by atoms with E-state index in [2.05, 4.69) is 10.3 Å². The largest absolute Gasteiger partial charge is 0.490 e. The van der Waals surface area contributed by atoms with Crippen LogP contribution in [0.15, 0.2) is 42.7 Å². The first-order valence-electron chi connectivity index (χ1n) is 11.9. The molecule has 0 saturated carbocycles. The zero-order valence-corrected chi connectivity index (χ0v) is 22.5. The molecule has 1 aliphatic heterocycles. The number of likely N-dealkylation sites (N-methyl/N-ethyl adjacent to an activating group) is 1. The van der Waals surface area contributed by atoms with Crippen molar-refractivity contribution in [1.29, 1.82) is 0 Å². The summed E-state index contributed by atoms with van der Waals surface area (Å²) < 4.78 is 31.7. The van der Waals surface area contributed by atoms with Gasteiger partial charge in [0, 0.05) is 24.6 Å². The molecule has 212 valence electrons. The van der Waals surface area contributed by atoms with Gasteiger partial charge in [-0.05, 0) is 69.3 Å². The van der Waals surface area contributed by atoms with Crippen molar-refractivity contribution in [3.63, 3.8) is 0 Å². The van der Waals surface area contributed by atoms with E-state index < -0.39 is 17.7 Å². The van der Waals surface area contributed by atoms with Gasteiger partial charge in [0.05, 0.1) is 12.2 Å². The van der Waals surface area contributed by atoms with E-state index in [9.17, 15) is 27.6 Å². The molecule has 4 amide bonds. The summed E-state index contributed by atoms with van der Waals surface area (Å²) in [5, 5.41) is 10.1. The molecule has 39 heavy (non-hydrogen) atoms. The number of aromatic nitrogens is 1. The number of nitrogens with one attached hydrogen (secondary N) is 1. The monoisotopic (exact) mass is 551 g/mol. The van der Waals surface area contributed by atoms with Crippen LogP contribution in [0.2, 0.25) is 0 Å². The number of amides is 4. The molecule has 2 aromatic rings. The van der Waals surface area contributed by atoms with Gasteiger partial charge in [-0.3, -0.25) is 14.6 Å². The van der Waals surface area contributed by atoms with Gasteiger partial charge in [0.25, 0.3) is 5.91 Å². The molecule has 13 heteroatoms. The number of carbonyl (C=O) groups excluding carboxylic acids is 3. The van der Waals surface area contributed by atoms with Crippen LogP contribution in [0, 0.1) is 0 Å². The number of benzene rings is 1. The molecule has 1 aromatic heterocycles. The van der Waals surface area contributed by atoms with E-state index in [1.807, 2.05) is 46.1 Å². The number of hydrogen-bond acceptors (Lipinski definition) is 6. The molecule has 2 heterocycles. The van der Waals surface area contributed by atoms with Gasteiger partial charge in [0.2, 0.25) is 5.91 Å². The molecule has 3 rings (SSSR count). The number of urea groups is 1. The van der Waals surface area contributed by atoms with Crippen LogP contribution in [0.4, 0.5) is 29.3 Å². The molecule has 2 N–H and O–H groups in total. The van der Waals surface area contributed by atoms with Gasteiger partial charge in [-0.1, -0.05) is 19.9 Å². The Morgan fingerprint density at radius 2 is 1.67 bits per heavy atom. The van der Waals surface area contributed by atoms with Crippen LogP contribution in [0.5, 0.6) is 0 Å². The highest BCUT2D eigenvalue weighted by Crippen LogP contribution is 2.36. The highest BCUT2D eigenvalue weighted by molar-refractivity contribution is 6.23. The van der Waals surface area contributed by atoms with Crippen molar-refractivity contribution in [3.05, 3.63) is 53.9 Å². The van der Waals surface area contributed by atoms with Gasteiger partial charge in [-0.15, -0.1) is 0 Å². The number of pyridine rings is 1. The lowest BCUT2D eigenvalue weighted by atomic mass is 9.99. The number of carbonyl (C=O) groups is 4. The van der Waals surface area contributed by atoms with Crippen molar-refractivity contribution in [1.82, 2.24) is 14.8 Å². The first kappa shape index (κ1) is 31.2. The van der Waals surface area contributed by atoms with Gasteiger partial charge in [-0.2, -0.15) is 13.2 Å². The Labute approximate surface area is 224 Å². The van der Waals surface area contributed by atoms with Crippen LogP contribution in [0.3, 0.4) is 0 Å². The molecule has 1 aromatic carbocycles. The number of carboxylic acid groups (broad SMARTS) is 1. The van der Waals surface area contributed by atoms with Crippen molar-refractivity contribution in [3.8, 4) is 0 Å². The van der Waals surface area contributed by atoms with Gasteiger partial charge in [0.15, 0.2) is 0 Å². The molecule has 0 radical (unpaired) electrons. The Morgan fingerprint density at radius 3 is 2.15 bits per heavy atom. The second-order valence-corrected chi connectivity index (χ2v) is 9.94. The van der Waals surface area contributed by atoms with Crippen LogP contribution in [0.1, 0.15) is 44.7 Å². The smallest absolute Gasteiger partial charge is 0.475 e. The van der Waals surface area contributed by atoms with Gasteiger partial charge < -0.3 is 20.2 Å². The molecule has 1 fully saturated rings. The molecule has 0 bridgehead atoms. The van der Waals surface area contributed by atoms with Gasteiger partial charge in [0.1, 0.15) is 5.54 Å². The summed E-state index contributed by atoms with van der Waals surface area (Å²) >= 11 is 0. The lowest BCUT2D eigenvalue weighted by Gasteiger charge is -2.27. The summed E-state index contributed by atoms with van der Waals surface area (Å²) in [4.78, 5) is 56.5. The number of imide groups is 1. The number of nitrogens with zero attached hydrogens (tertiary/aromatic N) is 4. The third-order valence-electron chi connectivity index (χ3n) is 5.81. The average molecular weight is 552 g/mol. The number of anilines is 2. The molecule has 1 aliphatic rings. The lowest BCUT2D eigenvalue weighted by Crippen LogP contribution is -2.43. The second kappa shape index (κ2) is 12.2. The SMILES string of the molecule is CC(C)c1ccc(N2C(=O)N(Cc3ccncc3)C(C)(C)C2=O)cc1NC(=O)CN(C)C.O=C(O)C(F)(F)F. The maximum absolute atomic E-state index is 13.4. The zero-order chi connectivity index (χ0) is 29.7. The van der Waals surface area contributed by atoms with Gasteiger partial charge in [-0.25, -0.2) is 14.5 Å². The van der Waals surface area contributed by atoms with Crippen LogP contribution >= 0.6 is 0 Å². The maximum atomic E-state index is 13.4. The summed E-state index contributed by atoms with van der Waals surface area (Å²) in [6.07, 6.45) is -1.76. The van der Waals surface area contributed by atoms with E-state index in [0.29, 0.717) is 17.9 Å². The molecular formula is C26H32F3N5O5. The number of halogens is 3. The van der Waals surface area contributed by atoms with E-state index in [-0.39, 0.29) is 30.3 Å². The number of alkyl halides is 3. The molecular weight excluding hydrogens is 519 g/mol. The predicted octanol–water partition coefficient (Wildman–Crippen LogP) is 4.09. The van der Waals surface area contributed by atoms with Crippen LogP contribution in [0.25, 0.3) is 0 Å². The topological polar surface area (TPSA) is 123 Å². The van der Waals surface area contributed by atoms with E-state index in [1.165, 1.54) is 4.90 Å². The fourth-order valence-corrected chi connectivity index (χ4v) is 3.77. The van der Waals surface area contributed by atoms with Crippen LogP contribution in [-0.4, -0.2) is 76.1 Å². The fraction of sp³-hybridized carbons (Fsp3) is 0.423. The molecule has 0 spiro atoms. The third kappa shape index (κ3) is 7.76. The Kier molecular flexibility index (Phi) is 9.80. The van der Waals surface area contributed by atoms with Crippen LogP contribution in [-0.2, 0) is 20.9 Å². The first-order chi connectivity index (χ1) is 18.0. The van der Waals surface area contributed by atoms with Gasteiger partial charge >= 0.3 is 18.2 Å². The van der Waals surface area contributed by atoms with Crippen molar-refractivity contribution in [2.75, 3.05) is 30.9 Å². The standard InChI is InChI=1S/C24H31N5O3.C2HF3O2/c1-16(2)19-8-7-18(13-20(19)26-21(30)15-27(5)6)29-22(31)24(3,4)28(23(29)32)14-17-9-11-25-12-10-17;3-2(4,5)1(6)7/h7-13,16H,14-15H2,1-6H3,(H,26,30);(H,6,7). The van der Waals surface area contributed by atoms with E-state index in [4.69, 9.17) is 9.90 Å². The predicted molar refractivity (Wildman–Crippen MR) is 138 cm³/mol. The number of rotatable bonds is 7. The molecule has 10 nitrogen and oxygen atoms in total. The molecule has 0 atom stereocenters. The lowest BCUT2D eigenvalue weighted by molar-refractivity contribution is -0.192. The number of aliphatic carboxylic acids is 1. The highest BCUT2D eigenvalue weighted by Gasteiger charge is 2.51. The third-order valence-corrected chi connectivity index (χ3v) is 5.81. The average Bonchev–Trinajstić information content (AvgIpc) is 2.98. The van der Waals surface area contributed by atoms with E-state index in [1.54, 1.807) is 48.2 Å². The minimum atomic E-state index is -5.08. The summed E-state index contributed by atoms with van der Waals surface area (Å²) in [6.45, 7) is 8.08. The maximum Gasteiger partial charge on any atom is 0.490 e. The Bertz CT molecular complexity index is 1220. The zero-order valence-electron chi connectivity index (χ0n) is 22.5. The summed E-state index contributed by atoms with van der Waals surface area (Å²) in [5.74, 6) is -3.07. The highest BCUT2D eigenvalue weighted by atomic mass is 19.4. The van der Waals surface area contributed by atoms with Crippen molar-refractivity contribution in [2.45, 2.75) is 51.9 Å². The Morgan fingerprint density at radius 1 is 1.10 bits per heavy atom. The van der Waals surface area contributed by atoms with Crippen LogP contribution < -0.4 is 10.2 Å². The Balaban J connectivity index is 0.000000673. The minimum Gasteiger partial charge on any atom is -0.475 e. The molecule has 0 aliphatic carbocycles. The van der Waals surface area contributed by atoms with Crippen molar-refractivity contribution >= 4 is 35.2 Å². The van der Waals surface area contributed by atoms with Crippen molar-refractivity contribution in [2.24, 2.45) is 0 Å². The Hall–Kier alpha value is -4.00. The van der Waals surface area contributed by atoms with E-state index >= 15 is 0 Å². The number of carboxylic acids is 1. The van der Waals surface area contributed by atoms with E-state index in [0.717, 1.165) is 11.1 Å². The molecule has 0 unspecified atom stereocenters. The normalized spacial score (nSPS) is 14.9. The van der Waals surface area contributed by atoms with Crippen molar-refractivity contribution < 1.29 is 37.5 Å². The quantitative estimate of drug-likeness (QED) is 0.497. The minimum absolute atomic E-state index is 0.156. The summed E-state index contributed by atoms with van der Waals surface area (Å²) in [6, 6.07) is 8.60. The number of hydrogen-bond donors (Lipinski definition) is 2. The fourth-order valence-electron chi connectivity index (χ4n) is 3.77. The summed E-state index contributed by atoms with van der Waals surface area (Å²) in [7, 11) is 3.64. The second-order valence-electron chi connectivity index (χ2n) is 9.94.